The summed E-state index contributed by atoms with van der Waals surface area (Å²) in [7, 11) is 0. The molecule has 0 aromatic heterocycles. The Labute approximate surface area is 165 Å². The van der Waals surface area contributed by atoms with Gasteiger partial charge in [0.05, 0.1) is 0 Å². The summed E-state index contributed by atoms with van der Waals surface area (Å²) >= 11 is 0. The molecule has 0 aliphatic rings. The van der Waals surface area contributed by atoms with Gasteiger partial charge in [-0.15, -0.1) is 0 Å². The first-order chi connectivity index (χ1) is 13.6. The molecule has 0 amide bonds. The van der Waals surface area contributed by atoms with E-state index in [0.29, 0.717) is 0 Å². The molecule has 0 bridgehead atoms. The van der Waals surface area contributed by atoms with Gasteiger partial charge >= 0.3 is 11.9 Å². The number of aliphatic carboxylic acids is 2. The van der Waals surface area contributed by atoms with Crippen LogP contribution in [0.1, 0.15) is 27.6 Å². The Hall–Kier alpha value is -3.40. The van der Waals surface area contributed by atoms with E-state index in [1.54, 1.807) is 6.92 Å². The van der Waals surface area contributed by atoms with Crippen molar-refractivity contribution in [2.75, 3.05) is 6.61 Å². The largest absolute Gasteiger partial charge is 0.479 e. The molecule has 9 heteroatoms. The molecule has 2 unspecified atom stereocenters. The van der Waals surface area contributed by atoms with Crippen LogP contribution in [0.2, 0.25) is 0 Å². The van der Waals surface area contributed by atoms with Crippen LogP contribution in [0.4, 0.5) is 0 Å². The number of hydrogen-bond acceptors (Lipinski definition) is 7. The van der Waals surface area contributed by atoms with Crippen molar-refractivity contribution in [1.82, 2.24) is 0 Å². The van der Waals surface area contributed by atoms with Crippen molar-refractivity contribution >= 4 is 23.5 Å². The standard InChI is InChI=1S/C18H14O8.C2H6O/c19-13(11-7-3-1-4-8-11)17(25,15(21)22)18(26,16(23)24)14(20)12-9-5-2-6-10-12;1-2-3/h1-10,25-26H,(H,21,22)(H,23,24);3H,2H2,1H3. The van der Waals surface area contributed by atoms with Gasteiger partial charge in [0, 0.05) is 17.7 Å². The van der Waals surface area contributed by atoms with Crippen molar-refractivity contribution < 1.29 is 44.7 Å². The molecule has 154 valence electrons. The van der Waals surface area contributed by atoms with E-state index >= 15 is 0 Å². The second kappa shape index (κ2) is 9.69. The van der Waals surface area contributed by atoms with Crippen molar-refractivity contribution in [3.05, 3.63) is 71.8 Å². The third kappa shape index (κ3) is 4.37. The molecule has 2 rings (SSSR count). The number of aliphatic hydroxyl groups is 3. The Bertz CT molecular complexity index is 806. The lowest BCUT2D eigenvalue weighted by molar-refractivity contribution is -0.187. The fourth-order valence-electron chi connectivity index (χ4n) is 2.43. The predicted molar refractivity (Wildman–Crippen MR) is 99.5 cm³/mol. The minimum Gasteiger partial charge on any atom is -0.479 e. The first kappa shape index (κ1) is 23.6. The average Bonchev–Trinajstić information content (AvgIpc) is 2.72. The highest BCUT2D eigenvalue weighted by atomic mass is 16.5. The van der Waals surface area contributed by atoms with Crippen LogP contribution in [-0.2, 0) is 9.59 Å². The molecule has 0 fully saturated rings. The third-order valence-corrected chi connectivity index (χ3v) is 3.87. The smallest absolute Gasteiger partial charge is 0.348 e. The number of benzene rings is 2. The predicted octanol–water partition coefficient (Wildman–Crippen LogP) is 0.382. The minimum absolute atomic E-state index is 0.250. The molecule has 0 aliphatic carbocycles. The van der Waals surface area contributed by atoms with E-state index in [2.05, 4.69) is 0 Å². The van der Waals surface area contributed by atoms with Gasteiger partial charge in [-0.25, -0.2) is 9.59 Å². The summed E-state index contributed by atoms with van der Waals surface area (Å²) < 4.78 is 0. The topological polar surface area (TPSA) is 169 Å². The molecule has 0 heterocycles. The number of Topliss-reactive ketones (excluding diaryl/α,β-unsaturated/α-hetero) is 2. The van der Waals surface area contributed by atoms with Crippen molar-refractivity contribution in [1.29, 1.82) is 0 Å². The zero-order valence-corrected chi connectivity index (χ0v) is 15.3. The number of carbonyl (C=O) groups excluding carboxylic acids is 2. The van der Waals surface area contributed by atoms with Crippen LogP contribution in [0, 0.1) is 0 Å². The van der Waals surface area contributed by atoms with Gasteiger partial charge in [0.15, 0.2) is 0 Å². The number of hydrogen-bond donors (Lipinski definition) is 5. The van der Waals surface area contributed by atoms with Crippen LogP contribution in [0.5, 0.6) is 0 Å². The van der Waals surface area contributed by atoms with E-state index in [-0.39, 0.29) is 6.61 Å². The SMILES string of the molecule is CCO.O=C(O)C(O)(C(=O)c1ccccc1)C(O)(C(=O)O)C(=O)c1ccccc1. The number of aliphatic hydroxyl groups excluding tert-OH is 1. The lowest BCUT2D eigenvalue weighted by atomic mass is 9.73. The van der Waals surface area contributed by atoms with Crippen LogP contribution < -0.4 is 0 Å². The summed E-state index contributed by atoms with van der Waals surface area (Å²) in [5, 5.41) is 47.4. The van der Waals surface area contributed by atoms with Gasteiger partial charge in [-0.05, 0) is 6.92 Å². The van der Waals surface area contributed by atoms with Crippen LogP contribution in [0.3, 0.4) is 0 Å². The van der Waals surface area contributed by atoms with Gasteiger partial charge in [-0.3, -0.25) is 9.59 Å². The Balaban J connectivity index is 0.00000132. The molecule has 0 saturated carbocycles. The summed E-state index contributed by atoms with van der Waals surface area (Å²) in [5.74, 6) is -8.03. The molecule has 2 aromatic rings. The summed E-state index contributed by atoms with van der Waals surface area (Å²) in [6.45, 7) is 1.93. The lowest BCUT2D eigenvalue weighted by Gasteiger charge is -2.34. The van der Waals surface area contributed by atoms with Crippen molar-refractivity contribution in [2.24, 2.45) is 0 Å². The highest BCUT2D eigenvalue weighted by molar-refractivity contribution is 6.28. The number of carboxylic acids is 2. The second-order valence-corrected chi connectivity index (χ2v) is 5.74. The zero-order valence-electron chi connectivity index (χ0n) is 15.3. The molecule has 29 heavy (non-hydrogen) atoms. The van der Waals surface area contributed by atoms with Gasteiger partial charge in [0.25, 0.3) is 11.2 Å². The van der Waals surface area contributed by atoms with Crippen molar-refractivity contribution in [3.63, 3.8) is 0 Å². The highest BCUT2D eigenvalue weighted by Gasteiger charge is 2.69. The monoisotopic (exact) mass is 404 g/mol. The Kier molecular flexibility index (Phi) is 7.90. The van der Waals surface area contributed by atoms with E-state index < -0.39 is 45.8 Å². The number of carbonyl (C=O) groups is 4. The second-order valence-electron chi connectivity index (χ2n) is 5.74. The number of rotatable bonds is 7. The van der Waals surface area contributed by atoms with E-state index in [0.717, 1.165) is 24.3 Å². The van der Waals surface area contributed by atoms with Crippen LogP contribution in [0.25, 0.3) is 0 Å². The van der Waals surface area contributed by atoms with Gasteiger partial charge in [-0.2, -0.15) is 0 Å². The first-order valence-corrected chi connectivity index (χ1v) is 8.31. The average molecular weight is 404 g/mol. The fraction of sp³-hybridized carbons (Fsp3) is 0.200. The Morgan fingerprint density at radius 1 is 0.690 bits per heavy atom. The van der Waals surface area contributed by atoms with Crippen LogP contribution in [-0.4, -0.2) is 66.8 Å². The Morgan fingerprint density at radius 2 is 0.931 bits per heavy atom. The first-order valence-electron chi connectivity index (χ1n) is 8.31. The molecular formula is C20H20O9. The van der Waals surface area contributed by atoms with Crippen molar-refractivity contribution in [2.45, 2.75) is 18.1 Å². The van der Waals surface area contributed by atoms with Gasteiger partial charge in [-0.1, -0.05) is 60.7 Å². The van der Waals surface area contributed by atoms with E-state index in [1.165, 1.54) is 36.4 Å². The van der Waals surface area contributed by atoms with E-state index in [4.69, 9.17) is 5.11 Å². The summed E-state index contributed by atoms with van der Waals surface area (Å²) in [5.41, 5.74) is -8.68. The minimum atomic E-state index is -3.95. The highest BCUT2D eigenvalue weighted by Crippen LogP contribution is 2.31. The molecule has 0 radical (unpaired) electrons. The fourth-order valence-corrected chi connectivity index (χ4v) is 2.43. The Morgan fingerprint density at radius 3 is 1.14 bits per heavy atom. The van der Waals surface area contributed by atoms with Crippen LogP contribution >= 0.6 is 0 Å². The summed E-state index contributed by atoms with van der Waals surface area (Å²) in [4.78, 5) is 48.5. The maximum atomic E-state index is 12.6. The molecule has 0 saturated heterocycles. The van der Waals surface area contributed by atoms with Crippen molar-refractivity contribution in [3.8, 4) is 0 Å². The number of carboxylic acid groups (broad SMARTS) is 2. The maximum absolute atomic E-state index is 12.6. The van der Waals surface area contributed by atoms with Crippen LogP contribution in [0.15, 0.2) is 60.7 Å². The molecule has 9 nitrogen and oxygen atoms in total. The molecular weight excluding hydrogens is 384 g/mol. The van der Waals surface area contributed by atoms with E-state index in [9.17, 15) is 39.6 Å². The number of ketones is 2. The summed E-state index contributed by atoms with van der Waals surface area (Å²) in [6, 6.07) is 12.8. The molecule has 2 atom stereocenters. The summed E-state index contributed by atoms with van der Waals surface area (Å²) in [6.07, 6.45) is 0. The quantitative estimate of drug-likeness (QED) is 0.323. The van der Waals surface area contributed by atoms with Gasteiger partial charge in [0.1, 0.15) is 0 Å². The molecule has 2 aromatic carbocycles. The lowest BCUT2D eigenvalue weighted by Crippen LogP contribution is -2.71. The maximum Gasteiger partial charge on any atom is 0.348 e. The zero-order chi connectivity index (χ0) is 22.2. The van der Waals surface area contributed by atoms with Gasteiger partial charge in [0.2, 0.25) is 11.6 Å². The third-order valence-electron chi connectivity index (χ3n) is 3.87. The van der Waals surface area contributed by atoms with E-state index in [1.807, 2.05) is 0 Å². The molecule has 0 spiro atoms. The normalized spacial score (nSPS) is 14.3. The van der Waals surface area contributed by atoms with Gasteiger partial charge < -0.3 is 25.5 Å². The molecule has 0 aliphatic heterocycles. The molecule has 5 N–H and O–H groups in total.